The van der Waals surface area contributed by atoms with Crippen molar-refractivity contribution in [3.05, 3.63) is 47.5 Å². The van der Waals surface area contributed by atoms with Gasteiger partial charge in [-0.3, -0.25) is 0 Å². The normalized spacial score (nSPS) is 15.4. The largest absolute Gasteiger partial charge is 0.416 e. The molecule has 128 valence electrons. The summed E-state index contributed by atoms with van der Waals surface area (Å²) in [5.74, 6) is 0.633. The average molecular weight is 439 g/mol. The number of nitrogens with one attached hydrogen (secondary N) is 2. The topological polar surface area (TPSA) is 36.4 Å². The van der Waals surface area contributed by atoms with E-state index in [1.165, 1.54) is 6.07 Å². The Hall–Kier alpha value is -1.25. The molecule has 0 atom stereocenters. The lowest BCUT2D eigenvalue weighted by molar-refractivity contribution is -0.137. The number of rotatable bonds is 4. The smallest absolute Gasteiger partial charge is 0.357 e. The Morgan fingerprint density at radius 1 is 1.26 bits per heavy atom. The highest BCUT2D eigenvalue weighted by Crippen LogP contribution is 2.29. The number of alkyl halides is 3. The van der Waals surface area contributed by atoms with Gasteiger partial charge in [-0.15, -0.1) is 24.0 Å². The monoisotopic (exact) mass is 439 g/mol. The highest BCUT2D eigenvalue weighted by Gasteiger charge is 2.30. The molecule has 2 N–H and O–H groups in total. The Bertz CT molecular complexity index is 548. The Kier molecular flexibility index (Phi) is 7.87. The van der Waals surface area contributed by atoms with Gasteiger partial charge in [0, 0.05) is 12.6 Å². The highest BCUT2D eigenvalue weighted by molar-refractivity contribution is 14.0. The lowest BCUT2D eigenvalue weighted by Gasteiger charge is -2.16. The minimum Gasteiger partial charge on any atom is -0.357 e. The van der Waals surface area contributed by atoms with Gasteiger partial charge in [0.1, 0.15) is 0 Å². The molecule has 0 radical (unpaired) electrons. The third-order valence-corrected chi connectivity index (χ3v) is 3.37. The molecule has 1 aliphatic rings. The van der Waals surface area contributed by atoms with E-state index in [-0.39, 0.29) is 30.5 Å². The number of halogens is 4. The number of nitrogens with zero attached hydrogens (tertiary/aromatic N) is 1. The predicted octanol–water partition coefficient (Wildman–Crippen LogP) is 4.10. The van der Waals surface area contributed by atoms with E-state index in [4.69, 9.17) is 0 Å². The first kappa shape index (κ1) is 19.8. The lowest BCUT2D eigenvalue weighted by Crippen LogP contribution is -2.42. The second kappa shape index (κ2) is 9.14. The molecule has 1 aliphatic carbocycles. The first-order chi connectivity index (χ1) is 10.5. The van der Waals surface area contributed by atoms with E-state index in [9.17, 15) is 13.2 Å². The van der Waals surface area contributed by atoms with Crippen molar-refractivity contribution < 1.29 is 13.2 Å². The van der Waals surface area contributed by atoms with Crippen molar-refractivity contribution in [1.82, 2.24) is 10.6 Å². The molecule has 7 heteroatoms. The van der Waals surface area contributed by atoms with Crippen LogP contribution in [0.15, 0.2) is 41.4 Å². The quantitative estimate of drug-likeness (QED) is 0.321. The molecule has 0 heterocycles. The van der Waals surface area contributed by atoms with Crippen molar-refractivity contribution in [3.63, 3.8) is 0 Å². The molecule has 0 amide bonds. The molecule has 0 unspecified atom stereocenters. The predicted molar refractivity (Wildman–Crippen MR) is 97.0 cm³/mol. The minimum absolute atomic E-state index is 0. The number of hydrogen-bond donors (Lipinski definition) is 2. The number of hydrogen-bond acceptors (Lipinski definition) is 1. The fourth-order valence-corrected chi connectivity index (χ4v) is 2.26. The van der Waals surface area contributed by atoms with Crippen LogP contribution in [0.1, 0.15) is 30.9 Å². The Morgan fingerprint density at radius 2 is 1.96 bits per heavy atom. The Labute approximate surface area is 151 Å². The van der Waals surface area contributed by atoms with E-state index in [1.54, 1.807) is 6.07 Å². The summed E-state index contributed by atoms with van der Waals surface area (Å²) in [5.41, 5.74) is -0.102. The van der Waals surface area contributed by atoms with E-state index in [1.807, 2.05) is 6.92 Å². The van der Waals surface area contributed by atoms with Gasteiger partial charge in [0.05, 0.1) is 12.1 Å². The van der Waals surface area contributed by atoms with Crippen LogP contribution in [0.2, 0.25) is 0 Å². The van der Waals surface area contributed by atoms with E-state index < -0.39 is 11.7 Å². The first-order valence-corrected chi connectivity index (χ1v) is 7.35. The summed E-state index contributed by atoms with van der Waals surface area (Å²) in [7, 11) is 0. The van der Waals surface area contributed by atoms with E-state index in [0.717, 1.165) is 25.0 Å². The van der Waals surface area contributed by atoms with Crippen LogP contribution in [0.25, 0.3) is 0 Å². The molecule has 0 fully saturated rings. The molecule has 0 aromatic heterocycles. The van der Waals surface area contributed by atoms with Gasteiger partial charge >= 0.3 is 6.18 Å². The van der Waals surface area contributed by atoms with Gasteiger partial charge in [0.25, 0.3) is 0 Å². The Morgan fingerprint density at radius 3 is 2.57 bits per heavy atom. The van der Waals surface area contributed by atoms with Crippen LogP contribution < -0.4 is 10.6 Å². The summed E-state index contributed by atoms with van der Waals surface area (Å²) in [4.78, 5) is 4.37. The number of guanidine groups is 1. The highest BCUT2D eigenvalue weighted by atomic mass is 127. The maximum Gasteiger partial charge on any atom is 0.416 e. The summed E-state index contributed by atoms with van der Waals surface area (Å²) < 4.78 is 38.1. The lowest BCUT2D eigenvalue weighted by atomic mass is 10.1. The molecule has 0 bridgehead atoms. The third kappa shape index (κ3) is 6.40. The van der Waals surface area contributed by atoms with Gasteiger partial charge in [0.2, 0.25) is 0 Å². The van der Waals surface area contributed by atoms with Crippen LogP contribution in [-0.2, 0) is 12.7 Å². The molecular formula is C16H21F3IN3. The zero-order valence-electron chi connectivity index (χ0n) is 12.9. The van der Waals surface area contributed by atoms with Crippen LogP contribution in [-0.4, -0.2) is 18.5 Å². The summed E-state index contributed by atoms with van der Waals surface area (Å²) in [6, 6.07) is 5.58. The minimum atomic E-state index is -4.32. The number of benzene rings is 1. The van der Waals surface area contributed by atoms with Gasteiger partial charge in [-0.2, -0.15) is 13.2 Å². The molecule has 0 aliphatic heterocycles. The molecule has 0 saturated carbocycles. The average Bonchev–Trinajstić information content (AvgIpc) is 2.97. The molecule has 1 aromatic rings. The van der Waals surface area contributed by atoms with Crippen molar-refractivity contribution in [2.45, 2.75) is 38.5 Å². The Balaban J connectivity index is 0.00000264. The second-order valence-electron chi connectivity index (χ2n) is 5.18. The van der Waals surface area contributed by atoms with Crippen LogP contribution in [0.4, 0.5) is 13.2 Å². The zero-order valence-corrected chi connectivity index (χ0v) is 15.2. The SMILES string of the molecule is CCNC(=NCc1cccc(C(F)(F)F)c1)NC1CC=CC1.I. The summed E-state index contributed by atoms with van der Waals surface area (Å²) in [6.07, 6.45) is 1.77. The molecule has 23 heavy (non-hydrogen) atoms. The van der Waals surface area contributed by atoms with E-state index in [2.05, 4.69) is 27.8 Å². The van der Waals surface area contributed by atoms with Crippen molar-refractivity contribution in [2.75, 3.05) is 6.54 Å². The molecular weight excluding hydrogens is 418 g/mol. The van der Waals surface area contributed by atoms with E-state index in [0.29, 0.717) is 24.1 Å². The first-order valence-electron chi connectivity index (χ1n) is 7.35. The molecule has 2 rings (SSSR count). The van der Waals surface area contributed by atoms with Crippen molar-refractivity contribution in [1.29, 1.82) is 0 Å². The van der Waals surface area contributed by atoms with Gasteiger partial charge in [-0.25, -0.2) is 4.99 Å². The van der Waals surface area contributed by atoms with Crippen molar-refractivity contribution in [3.8, 4) is 0 Å². The molecule has 1 aromatic carbocycles. The zero-order chi connectivity index (χ0) is 16.0. The molecule has 0 saturated heterocycles. The van der Waals surface area contributed by atoms with Gasteiger partial charge in [-0.05, 0) is 37.5 Å². The summed E-state index contributed by atoms with van der Waals surface area (Å²) in [6.45, 7) is 2.86. The van der Waals surface area contributed by atoms with Gasteiger partial charge < -0.3 is 10.6 Å². The fourth-order valence-electron chi connectivity index (χ4n) is 2.26. The maximum absolute atomic E-state index is 12.7. The van der Waals surface area contributed by atoms with Crippen molar-refractivity contribution >= 4 is 29.9 Å². The number of aliphatic imine (C=N–C) groups is 1. The third-order valence-electron chi connectivity index (χ3n) is 3.37. The fraction of sp³-hybridized carbons (Fsp3) is 0.438. The summed E-state index contributed by atoms with van der Waals surface area (Å²) >= 11 is 0. The second-order valence-corrected chi connectivity index (χ2v) is 5.18. The van der Waals surface area contributed by atoms with Gasteiger partial charge in [-0.1, -0.05) is 24.3 Å². The van der Waals surface area contributed by atoms with Gasteiger partial charge in [0.15, 0.2) is 5.96 Å². The van der Waals surface area contributed by atoms with Crippen LogP contribution in [0.3, 0.4) is 0 Å². The van der Waals surface area contributed by atoms with Crippen molar-refractivity contribution in [2.24, 2.45) is 4.99 Å². The van der Waals surface area contributed by atoms with Crippen LogP contribution in [0.5, 0.6) is 0 Å². The standard InChI is InChI=1S/C16H20F3N3.HI/c1-2-20-15(22-14-8-3-4-9-14)21-11-12-6-5-7-13(10-12)16(17,18)19;/h3-7,10,14H,2,8-9,11H2,1H3,(H2,20,21,22);1H. The molecule has 0 spiro atoms. The summed E-state index contributed by atoms with van der Waals surface area (Å²) in [5, 5.41) is 6.40. The maximum atomic E-state index is 12.7. The van der Waals surface area contributed by atoms with Crippen LogP contribution in [0, 0.1) is 0 Å². The van der Waals surface area contributed by atoms with E-state index >= 15 is 0 Å². The van der Waals surface area contributed by atoms with Crippen LogP contribution >= 0.6 is 24.0 Å². The molecule has 3 nitrogen and oxygen atoms in total.